The van der Waals surface area contributed by atoms with Crippen molar-refractivity contribution in [1.29, 1.82) is 0 Å². The second-order valence-electron chi connectivity index (χ2n) is 4.27. The fourth-order valence-electron chi connectivity index (χ4n) is 1.79. The number of nitrogens with one attached hydrogen (secondary N) is 2. The minimum absolute atomic E-state index is 0.197. The lowest BCUT2D eigenvalue weighted by Gasteiger charge is -2.05. The van der Waals surface area contributed by atoms with Crippen molar-refractivity contribution in [3.05, 3.63) is 59.1 Å². The molecule has 3 rings (SSSR count). The molecule has 0 saturated carbocycles. The van der Waals surface area contributed by atoms with Crippen molar-refractivity contribution < 1.29 is 4.79 Å². The van der Waals surface area contributed by atoms with Gasteiger partial charge in [-0.1, -0.05) is 23.7 Å². The lowest BCUT2D eigenvalue weighted by molar-refractivity contribution is 0.102. The molecule has 0 aliphatic carbocycles. The number of aromatic amines is 1. The molecule has 21 heavy (non-hydrogen) atoms. The standard InChI is InChI=1S/C14H10ClN5O/c15-11-5-7-12(8-6-11)16-14(21)10-3-1-9(2-4-10)13-17-19-20-18-13/h1-8H,(H,16,21)(H,17,18,19,20). The first-order valence-electron chi connectivity index (χ1n) is 6.13. The van der Waals surface area contributed by atoms with Gasteiger partial charge in [-0.3, -0.25) is 4.79 Å². The Bertz CT molecular complexity index is 738. The van der Waals surface area contributed by atoms with Crippen LogP contribution in [0.4, 0.5) is 5.69 Å². The molecule has 3 aromatic rings. The van der Waals surface area contributed by atoms with Gasteiger partial charge in [-0.05, 0) is 41.6 Å². The summed E-state index contributed by atoms with van der Waals surface area (Å²) >= 11 is 5.80. The molecule has 2 N–H and O–H groups in total. The Morgan fingerprint density at radius 1 is 1.05 bits per heavy atom. The predicted molar refractivity (Wildman–Crippen MR) is 79.0 cm³/mol. The number of nitrogens with zero attached hydrogens (tertiary/aromatic N) is 3. The number of carbonyl (C=O) groups is 1. The summed E-state index contributed by atoms with van der Waals surface area (Å²) in [4.78, 5) is 12.1. The highest BCUT2D eigenvalue weighted by molar-refractivity contribution is 6.30. The highest BCUT2D eigenvalue weighted by atomic mass is 35.5. The smallest absolute Gasteiger partial charge is 0.255 e. The van der Waals surface area contributed by atoms with Crippen LogP contribution >= 0.6 is 11.6 Å². The summed E-state index contributed by atoms with van der Waals surface area (Å²) in [5.41, 5.74) is 2.01. The van der Waals surface area contributed by atoms with Crippen LogP contribution in [0.25, 0.3) is 11.4 Å². The Hall–Kier alpha value is -2.73. The molecular formula is C14H10ClN5O. The minimum atomic E-state index is -0.197. The van der Waals surface area contributed by atoms with Crippen LogP contribution in [-0.2, 0) is 0 Å². The van der Waals surface area contributed by atoms with Crippen molar-refractivity contribution in [2.75, 3.05) is 5.32 Å². The number of benzene rings is 2. The van der Waals surface area contributed by atoms with Gasteiger partial charge < -0.3 is 5.32 Å². The summed E-state index contributed by atoms with van der Waals surface area (Å²) in [6.45, 7) is 0. The fourth-order valence-corrected chi connectivity index (χ4v) is 1.92. The molecule has 0 radical (unpaired) electrons. The van der Waals surface area contributed by atoms with Crippen LogP contribution in [0.2, 0.25) is 5.02 Å². The van der Waals surface area contributed by atoms with Crippen LogP contribution in [0, 0.1) is 0 Å². The normalized spacial score (nSPS) is 10.3. The van der Waals surface area contributed by atoms with Crippen LogP contribution in [0.3, 0.4) is 0 Å². The van der Waals surface area contributed by atoms with E-state index in [0.29, 0.717) is 22.1 Å². The third-order valence-corrected chi connectivity index (χ3v) is 3.10. The van der Waals surface area contributed by atoms with Gasteiger partial charge in [0.25, 0.3) is 5.91 Å². The molecular weight excluding hydrogens is 290 g/mol. The van der Waals surface area contributed by atoms with Crippen LogP contribution in [0.5, 0.6) is 0 Å². The quantitative estimate of drug-likeness (QED) is 0.779. The summed E-state index contributed by atoms with van der Waals surface area (Å²) < 4.78 is 0. The molecule has 0 aliphatic rings. The van der Waals surface area contributed by atoms with E-state index in [-0.39, 0.29) is 5.91 Å². The van der Waals surface area contributed by atoms with Crippen molar-refractivity contribution in [1.82, 2.24) is 20.6 Å². The Balaban J connectivity index is 1.74. The van der Waals surface area contributed by atoms with Crippen LogP contribution < -0.4 is 5.32 Å². The highest BCUT2D eigenvalue weighted by Crippen LogP contribution is 2.17. The Morgan fingerprint density at radius 3 is 2.38 bits per heavy atom. The number of amides is 1. The van der Waals surface area contributed by atoms with Gasteiger partial charge in [-0.2, -0.15) is 5.21 Å². The largest absolute Gasteiger partial charge is 0.322 e. The van der Waals surface area contributed by atoms with E-state index in [2.05, 4.69) is 25.9 Å². The van der Waals surface area contributed by atoms with Gasteiger partial charge in [0.05, 0.1) is 0 Å². The van der Waals surface area contributed by atoms with Crippen LogP contribution in [0.15, 0.2) is 48.5 Å². The molecule has 0 unspecified atom stereocenters. The highest BCUT2D eigenvalue weighted by Gasteiger charge is 2.08. The van der Waals surface area contributed by atoms with Crippen molar-refractivity contribution in [2.24, 2.45) is 0 Å². The fraction of sp³-hybridized carbons (Fsp3) is 0. The SMILES string of the molecule is O=C(Nc1ccc(Cl)cc1)c1ccc(-c2nn[nH]n2)cc1. The van der Waals surface area contributed by atoms with Crippen molar-refractivity contribution >= 4 is 23.2 Å². The number of halogens is 1. The molecule has 0 saturated heterocycles. The summed E-state index contributed by atoms with van der Waals surface area (Å²) in [5, 5.41) is 17.0. The first-order chi connectivity index (χ1) is 10.2. The molecule has 1 heterocycles. The molecule has 6 nitrogen and oxygen atoms in total. The number of hydrogen-bond acceptors (Lipinski definition) is 4. The van der Waals surface area contributed by atoms with Gasteiger partial charge in [0.1, 0.15) is 0 Å². The summed E-state index contributed by atoms with van der Waals surface area (Å²) in [6.07, 6.45) is 0. The number of H-pyrrole nitrogens is 1. The van der Waals surface area contributed by atoms with Gasteiger partial charge in [-0.25, -0.2) is 0 Å². The average Bonchev–Trinajstić information content (AvgIpc) is 3.04. The average molecular weight is 300 g/mol. The zero-order valence-electron chi connectivity index (χ0n) is 10.7. The number of hydrogen-bond donors (Lipinski definition) is 2. The van der Waals surface area contributed by atoms with Gasteiger partial charge in [0, 0.05) is 21.8 Å². The Kier molecular flexibility index (Phi) is 3.61. The molecule has 0 aliphatic heterocycles. The summed E-state index contributed by atoms with van der Waals surface area (Å²) in [7, 11) is 0. The lowest BCUT2D eigenvalue weighted by atomic mass is 10.1. The number of tetrazole rings is 1. The summed E-state index contributed by atoms with van der Waals surface area (Å²) in [6, 6.07) is 13.9. The van der Waals surface area contributed by atoms with E-state index in [1.807, 2.05) is 0 Å². The maximum Gasteiger partial charge on any atom is 0.255 e. The van der Waals surface area contributed by atoms with E-state index >= 15 is 0 Å². The minimum Gasteiger partial charge on any atom is -0.322 e. The predicted octanol–water partition coefficient (Wildman–Crippen LogP) is 2.77. The first kappa shape index (κ1) is 13.3. The molecule has 7 heteroatoms. The molecule has 0 spiro atoms. The van der Waals surface area contributed by atoms with Gasteiger partial charge in [0.15, 0.2) is 0 Å². The zero-order chi connectivity index (χ0) is 14.7. The third kappa shape index (κ3) is 3.06. The monoisotopic (exact) mass is 299 g/mol. The van der Waals surface area contributed by atoms with E-state index < -0.39 is 0 Å². The second-order valence-corrected chi connectivity index (χ2v) is 4.71. The first-order valence-corrected chi connectivity index (χ1v) is 6.51. The maximum absolute atomic E-state index is 12.1. The van der Waals surface area contributed by atoms with Gasteiger partial charge in [0.2, 0.25) is 5.82 Å². The third-order valence-electron chi connectivity index (χ3n) is 2.85. The van der Waals surface area contributed by atoms with Crippen molar-refractivity contribution in [3.8, 4) is 11.4 Å². The molecule has 1 aromatic heterocycles. The van der Waals surface area contributed by atoms with Crippen molar-refractivity contribution in [2.45, 2.75) is 0 Å². The molecule has 1 amide bonds. The van der Waals surface area contributed by atoms with E-state index in [9.17, 15) is 4.79 Å². The summed E-state index contributed by atoms with van der Waals surface area (Å²) in [5.74, 6) is 0.289. The van der Waals surface area contributed by atoms with Crippen LogP contribution in [-0.4, -0.2) is 26.5 Å². The van der Waals surface area contributed by atoms with E-state index in [1.165, 1.54) is 0 Å². The Labute approximate surface area is 125 Å². The Morgan fingerprint density at radius 2 is 1.76 bits per heavy atom. The van der Waals surface area contributed by atoms with Gasteiger partial charge in [-0.15, -0.1) is 10.2 Å². The lowest BCUT2D eigenvalue weighted by Crippen LogP contribution is -2.11. The molecule has 2 aromatic carbocycles. The van der Waals surface area contributed by atoms with Gasteiger partial charge >= 0.3 is 0 Å². The number of carbonyl (C=O) groups excluding carboxylic acids is 1. The zero-order valence-corrected chi connectivity index (χ0v) is 11.5. The second kappa shape index (κ2) is 5.72. The maximum atomic E-state index is 12.1. The topological polar surface area (TPSA) is 83.6 Å². The van der Waals surface area contributed by atoms with E-state index in [1.54, 1.807) is 48.5 Å². The molecule has 0 fully saturated rings. The van der Waals surface area contributed by atoms with E-state index in [4.69, 9.17) is 11.6 Å². The number of aromatic nitrogens is 4. The number of anilines is 1. The van der Waals surface area contributed by atoms with Crippen LogP contribution in [0.1, 0.15) is 10.4 Å². The molecule has 0 atom stereocenters. The molecule has 0 bridgehead atoms. The van der Waals surface area contributed by atoms with Crippen molar-refractivity contribution in [3.63, 3.8) is 0 Å². The van der Waals surface area contributed by atoms with E-state index in [0.717, 1.165) is 5.56 Å². The number of rotatable bonds is 3. The molecule has 104 valence electrons.